The van der Waals surface area contributed by atoms with E-state index in [0.717, 1.165) is 37.5 Å². The van der Waals surface area contributed by atoms with Gasteiger partial charge in [0.2, 0.25) is 5.91 Å². The van der Waals surface area contributed by atoms with Gasteiger partial charge in [-0.05, 0) is 68.0 Å². The third-order valence-corrected chi connectivity index (χ3v) is 5.15. The molecule has 1 saturated heterocycles. The molecule has 2 aliphatic rings. The number of anilines is 4. The lowest BCUT2D eigenvalue weighted by molar-refractivity contribution is -0.117. The van der Waals surface area contributed by atoms with Gasteiger partial charge in [-0.15, -0.1) is 10.2 Å². The summed E-state index contributed by atoms with van der Waals surface area (Å²) in [5.41, 5.74) is 2.25. The number of carbonyl (C=O) groups excluding carboxylic acids is 1. The molecule has 0 bridgehead atoms. The van der Waals surface area contributed by atoms with Crippen LogP contribution in [0, 0.1) is 11.8 Å². The monoisotopic (exact) mass is 351 g/mol. The van der Waals surface area contributed by atoms with Gasteiger partial charge < -0.3 is 15.5 Å². The van der Waals surface area contributed by atoms with E-state index in [1.54, 1.807) is 6.07 Å². The Labute approximate surface area is 154 Å². The average molecular weight is 351 g/mol. The van der Waals surface area contributed by atoms with Crippen LogP contribution in [0.5, 0.6) is 0 Å². The molecule has 0 spiro atoms. The van der Waals surface area contributed by atoms with Crippen LogP contribution in [0.3, 0.4) is 0 Å². The topological polar surface area (TPSA) is 70.2 Å². The van der Waals surface area contributed by atoms with E-state index in [-0.39, 0.29) is 11.8 Å². The lowest BCUT2D eigenvalue weighted by atomic mass is 9.99. The minimum atomic E-state index is 0.0442. The zero-order chi connectivity index (χ0) is 17.9. The minimum Gasteiger partial charge on any atom is -0.372 e. The molecule has 6 heteroatoms. The third-order valence-electron chi connectivity index (χ3n) is 5.15. The first-order valence-electron chi connectivity index (χ1n) is 9.44. The molecular formula is C20H25N5O. The molecule has 4 rings (SSSR count). The summed E-state index contributed by atoms with van der Waals surface area (Å²) >= 11 is 0. The van der Waals surface area contributed by atoms with Crippen LogP contribution < -0.4 is 15.5 Å². The quantitative estimate of drug-likeness (QED) is 0.857. The van der Waals surface area contributed by atoms with E-state index in [1.807, 2.05) is 6.07 Å². The number of nitrogens with zero attached hydrogens (tertiary/aromatic N) is 3. The molecule has 136 valence electrons. The average Bonchev–Trinajstić information content (AvgIpc) is 3.50. The molecule has 0 atom stereocenters. The SMILES string of the molecule is CC1CCN(c2ccc(Nc3ccc(NC(=O)C4CC4)nn3)cc2)CC1. The van der Waals surface area contributed by atoms with Gasteiger partial charge in [0, 0.05) is 30.4 Å². The highest BCUT2D eigenvalue weighted by atomic mass is 16.2. The number of benzene rings is 1. The number of hydrogen-bond donors (Lipinski definition) is 2. The normalized spacial score (nSPS) is 17.8. The number of carbonyl (C=O) groups is 1. The second kappa shape index (κ2) is 7.32. The van der Waals surface area contributed by atoms with Crippen LogP contribution >= 0.6 is 0 Å². The van der Waals surface area contributed by atoms with Crippen molar-refractivity contribution in [2.24, 2.45) is 11.8 Å². The zero-order valence-electron chi connectivity index (χ0n) is 15.1. The van der Waals surface area contributed by atoms with Gasteiger partial charge in [-0.25, -0.2) is 0 Å². The molecule has 2 aromatic rings. The lowest BCUT2D eigenvalue weighted by Gasteiger charge is -2.32. The fourth-order valence-corrected chi connectivity index (χ4v) is 3.21. The van der Waals surface area contributed by atoms with Crippen molar-refractivity contribution in [1.82, 2.24) is 10.2 Å². The third kappa shape index (κ3) is 4.12. The van der Waals surface area contributed by atoms with Crippen LogP contribution in [0.25, 0.3) is 0 Å². The molecule has 0 unspecified atom stereocenters. The van der Waals surface area contributed by atoms with Crippen molar-refractivity contribution in [3.8, 4) is 0 Å². The zero-order valence-corrected chi connectivity index (χ0v) is 15.1. The number of amides is 1. The summed E-state index contributed by atoms with van der Waals surface area (Å²) in [5.74, 6) is 2.21. The van der Waals surface area contributed by atoms with Crippen LogP contribution in [0.15, 0.2) is 36.4 Å². The second-order valence-corrected chi connectivity index (χ2v) is 7.41. The predicted octanol–water partition coefficient (Wildman–Crippen LogP) is 3.81. The van der Waals surface area contributed by atoms with Crippen molar-refractivity contribution in [3.63, 3.8) is 0 Å². The Bertz CT molecular complexity index is 747. The molecule has 2 fully saturated rings. The van der Waals surface area contributed by atoms with Crippen molar-refractivity contribution in [1.29, 1.82) is 0 Å². The molecule has 1 aromatic carbocycles. The Hall–Kier alpha value is -2.63. The molecule has 1 aromatic heterocycles. The number of rotatable bonds is 5. The molecule has 0 radical (unpaired) electrons. The summed E-state index contributed by atoms with van der Waals surface area (Å²) in [7, 11) is 0. The summed E-state index contributed by atoms with van der Waals surface area (Å²) in [6, 6.07) is 12.0. The number of piperidine rings is 1. The molecule has 6 nitrogen and oxygen atoms in total. The van der Waals surface area contributed by atoms with E-state index < -0.39 is 0 Å². The van der Waals surface area contributed by atoms with Crippen LogP contribution in [0.4, 0.5) is 23.0 Å². The van der Waals surface area contributed by atoms with Gasteiger partial charge in [-0.3, -0.25) is 4.79 Å². The van der Waals surface area contributed by atoms with Gasteiger partial charge in [-0.1, -0.05) is 6.92 Å². The second-order valence-electron chi connectivity index (χ2n) is 7.41. The molecule has 2 N–H and O–H groups in total. The van der Waals surface area contributed by atoms with E-state index in [4.69, 9.17) is 0 Å². The number of hydrogen-bond acceptors (Lipinski definition) is 5. The Morgan fingerprint density at radius 3 is 2.23 bits per heavy atom. The first kappa shape index (κ1) is 16.8. The smallest absolute Gasteiger partial charge is 0.228 e. The van der Waals surface area contributed by atoms with Crippen LogP contribution in [0.1, 0.15) is 32.6 Å². The molecule has 2 heterocycles. The molecule has 1 saturated carbocycles. The number of nitrogens with one attached hydrogen (secondary N) is 2. The van der Waals surface area contributed by atoms with Crippen molar-refractivity contribution in [2.45, 2.75) is 32.6 Å². The highest BCUT2D eigenvalue weighted by Gasteiger charge is 2.29. The fraction of sp³-hybridized carbons (Fsp3) is 0.450. The van der Waals surface area contributed by atoms with Crippen molar-refractivity contribution < 1.29 is 4.79 Å². The van der Waals surface area contributed by atoms with E-state index in [1.165, 1.54) is 18.5 Å². The van der Waals surface area contributed by atoms with Crippen molar-refractivity contribution >= 4 is 28.9 Å². The maximum absolute atomic E-state index is 11.7. The summed E-state index contributed by atoms with van der Waals surface area (Å²) in [6.07, 6.45) is 4.48. The highest BCUT2D eigenvalue weighted by molar-refractivity contribution is 5.93. The molecule has 1 amide bonds. The molecular weight excluding hydrogens is 326 g/mol. The largest absolute Gasteiger partial charge is 0.372 e. The van der Waals surface area contributed by atoms with Gasteiger partial charge in [0.15, 0.2) is 11.6 Å². The minimum absolute atomic E-state index is 0.0442. The molecule has 26 heavy (non-hydrogen) atoms. The Balaban J connectivity index is 1.34. The summed E-state index contributed by atoms with van der Waals surface area (Å²) in [5, 5.41) is 14.3. The summed E-state index contributed by atoms with van der Waals surface area (Å²) < 4.78 is 0. The van der Waals surface area contributed by atoms with E-state index in [0.29, 0.717) is 11.6 Å². The van der Waals surface area contributed by atoms with E-state index in [2.05, 4.69) is 56.9 Å². The van der Waals surface area contributed by atoms with E-state index >= 15 is 0 Å². The number of aromatic nitrogens is 2. The highest BCUT2D eigenvalue weighted by Crippen LogP contribution is 2.30. The van der Waals surface area contributed by atoms with Crippen LogP contribution in [0.2, 0.25) is 0 Å². The van der Waals surface area contributed by atoms with Gasteiger partial charge >= 0.3 is 0 Å². The predicted molar refractivity (Wildman–Crippen MR) is 104 cm³/mol. The first-order valence-corrected chi connectivity index (χ1v) is 9.44. The lowest BCUT2D eigenvalue weighted by Crippen LogP contribution is -2.32. The van der Waals surface area contributed by atoms with Gasteiger partial charge in [-0.2, -0.15) is 0 Å². The van der Waals surface area contributed by atoms with Crippen molar-refractivity contribution in [3.05, 3.63) is 36.4 Å². The van der Waals surface area contributed by atoms with Crippen molar-refractivity contribution in [2.75, 3.05) is 28.6 Å². The van der Waals surface area contributed by atoms with Gasteiger partial charge in [0.25, 0.3) is 0 Å². The first-order chi connectivity index (χ1) is 12.7. The summed E-state index contributed by atoms with van der Waals surface area (Å²) in [4.78, 5) is 14.2. The standard InChI is InChI=1S/C20H25N5O/c1-14-10-12-25(13-11-14)17-6-4-16(5-7-17)21-18-8-9-19(24-23-18)22-20(26)15-2-3-15/h4-9,14-15H,2-3,10-13H2,1H3,(H,21,23)(H,22,24,26). The van der Waals surface area contributed by atoms with Crippen LogP contribution in [-0.2, 0) is 4.79 Å². The molecule has 1 aliphatic carbocycles. The maximum atomic E-state index is 11.7. The van der Waals surface area contributed by atoms with Gasteiger partial charge in [0.05, 0.1) is 0 Å². The fourth-order valence-electron chi connectivity index (χ4n) is 3.21. The summed E-state index contributed by atoms with van der Waals surface area (Å²) in [6.45, 7) is 4.59. The maximum Gasteiger partial charge on any atom is 0.228 e. The Kier molecular flexibility index (Phi) is 4.73. The van der Waals surface area contributed by atoms with Crippen LogP contribution in [-0.4, -0.2) is 29.2 Å². The van der Waals surface area contributed by atoms with E-state index in [9.17, 15) is 4.79 Å². The van der Waals surface area contributed by atoms with Gasteiger partial charge in [0.1, 0.15) is 0 Å². The Morgan fingerprint density at radius 2 is 1.62 bits per heavy atom. The Morgan fingerprint density at radius 1 is 0.962 bits per heavy atom. The molecule has 1 aliphatic heterocycles.